The summed E-state index contributed by atoms with van der Waals surface area (Å²) in [5.74, 6) is 1.53. The van der Waals surface area contributed by atoms with E-state index in [4.69, 9.17) is 4.74 Å². The SMILES string of the molecule is CC1(C)C(=O)C(O)=CC2(C)C1CCC13CC(CCC21)C1(C)OC31. The summed E-state index contributed by atoms with van der Waals surface area (Å²) in [6.07, 6.45) is 8.39. The molecule has 7 atom stereocenters. The molecule has 3 nitrogen and oxygen atoms in total. The Labute approximate surface area is 138 Å². The van der Waals surface area contributed by atoms with Crippen LogP contribution in [0.2, 0.25) is 0 Å². The summed E-state index contributed by atoms with van der Waals surface area (Å²) < 4.78 is 6.24. The van der Waals surface area contributed by atoms with Crippen molar-refractivity contribution in [3.05, 3.63) is 11.8 Å². The predicted octanol–water partition coefficient (Wildman–Crippen LogP) is 4.03. The van der Waals surface area contributed by atoms with E-state index in [1.54, 1.807) is 0 Å². The van der Waals surface area contributed by atoms with Crippen molar-refractivity contribution in [2.24, 2.45) is 34.0 Å². The lowest BCUT2D eigenvalue weighted by Gasteiger charge is -2.61. The smallest absolute Gasteiger partial charge is 0.202 e. The van der Waals surface area contributed by atoms with Crippen molar-refractivity contribution in [2.75, 3.05) is 0 Å². The van der Waals surface area contributed by atoms with E-state index in [0.29, 0.717) is 17.9 Å². The van der Waals surface area contributed by atoms with Crippen LogP contribution in [0.25, 0.3) is 0 Å². The van der Waals surface area contributed by atoms with E-state index in [9.17, 15) is 9.90 Å². The zero-order valence-corrected chi connectivity index (χ0v) is 14.7. The Balaban J connectivity index is 1.65. The third-order valence-corrected chi connectivity index (χ3v) is 8.83. The fraction of sp³-hybridized carbons (Fsp3) is 0.850. The molecule has 1 heterocycles. The second-order valence-corrected chi connectivity index (χ2v) is 9.98. The van der Waals surface area contributed by atoms with Crippen LogP contribution in [-0.4, -0.2) is 22.6 Å². The van der Waals surface area contributed by atoms with Crippen LogP contribution in [0.15, 0.2) is 11.8 Å². The Morgan fingerprint density at radius 1 is 1.13 bits per heavy atom. The highest BCUT2D eigenvalue weighted by atomic mass is 16.6. The maximum Gasteiger partial charge on any atom is 0.202 e. The summed E-state index contributed by atoms with van der Waals surface area (Å²) in [5, 5.41) is 10.4. The number of aliphatic hydroxyl groups excluding tert-OH is 1. The van der Waals surface area contributed by atoms with Crippen molar-refractivity contribution in [2.45, 2.75) is 71.5 Å². The normalized spacial score (nSPS) is 58.8. The van der Waals surface area contributed by atoms with Gasteiger partial charge in [0.2, 0.25) is 5.78 Å². The highest BCUT2D eigenvalue weighted by molar-refractivity contribution is 5.98. The third kappa shape index (κ3) is 1.38. The van der Waals surface area contributed by atoms with Crippen LogP contribution in [0.4, 0.5) is 0 Å². The number of fused-ring (bicyclic) bond motifs is 5. The summed E-state index contributed by atoms with van der Waals surface area (Å²) in [6.45, 7) is 8.70. The number of epoxide rings is 1. The van der Waals surface area contributed by atoms with Gasteiger partial charge in [0.1, 0.15) is 0 Å². The Hall–Kier alpha value is -0.830. The third-order valence-electron chi connectivity index (χ3n) is 8.83. The van der Waals surface area contributed by atoms with Gasteiger partial charge in [0.05, 0.1) is 11.7 Å². The minimum atomic E-state index is -0.460. The average Bonchev–Trinajstić information content (AvgIpc) is 3.14. The molecular formula is C20H28O3. The number of carbonyl (C=O) groups is 1. The standard InChI is InChI=1S/C20H28O3/c1-17(2)13-7-8-20-9-11(19(4)16(20)23-19)5-6-14(20)18(13,3)10-12(21)15(17)22/h10-11,13-14,16,21H,5-9H2,1-4H3. The topological polar surface area (TPSA) is 49.8 Å². The maximum atomic E-state index is 12.5. The summed E-state index contributed by atoms with van der Waals surface area (Å²) in [5.41, 5.74) is -0.125. The molecule has 3 saturated carbocycles. The van der Waals surface area contributed by atoms with Gasteiger partial charge in [-0.05, 0) is 68.3 Å². The van der Waals surface area contributed by atoms with E-state index < -0.39 is 5.41 Å². The molecule has 1 N–H and O–H groups in total. The number of ketones is 1. The van der Waals surface area contributed by atoms with E-state index in [-0.39, 0.29) is 28.0 Å². The van der Waals surface area contributed by atoms with E-state index >= 15 is 0 Å². The van der Waals surface area contributed by atoms with Gasteiger partial charge in [-0.3, -0.25) is 4.79 Å². The monoisotopic (exact) mass is 316 g/mol. The molecule has 1 aliphatic heterocycles. The molecule has 0 aromatic rings. The number of Topliss-reactive ketones (excluding diaryl/α,β-unsaturated/α-hetero) is 1. The molecule has 2 bridgehead atoms. The van der Waals surface area contributed by atoms with Gasteiger partial charge in [-0.25, -0.2) is 0 Å². The first-order valence-corrected chi connectivity index (χ1v) is 9.31. The largest absolute Gasteiger partial charge is 0.505 e. The van der Waals surface area contributed by atoms with Gasteiger partial charge in [-0.2, -0.15) is 0 Å². The van der Waals surface area contributed by atoms with Crippen LogP contribution < -0.4 is 0 Å². The Morgan fingerprint density at radius 2 is 1.87 bits per heavy atom. The highest BCUT2D eigenvalue weighted by Gasteiger charge is 2.78. The van der Waals surface area contributed by atoms with Crippen molar-refractivity contribution in [1.29, 1.82) is 0 Å². The maximum absolute atomic E-state index is 12.5. The van der Waals surface area contributed by atoms with Gasteiger partial charge >= 0.3 is 0 Å². The first kappa shape index (κ1) is 14.5. The van der Waals surface area contributed by atoms with Crippen molar-refractivity contribution >= 4 is 5.78 Å². The first-order chi connectivity index (χ1) is 10.7. The Kier molecular flexibility index (Phi) is 2.34. The van der Waals surface area contributed by atoms with Crippen molar-refractivity contribution < 1.29 is 14.6 Å². The van der Waals surface area contributed by atoms with Crippen molar-refractivity contribution in [3.8, 4) is 0 Å². The molecule has 126 valence electrons. The number of hydrogen-bond acceptors (Lipinski definition) is 3. The predicted molar refractivity (Wildman–Crippen MR) is 86.9 cm³/mol. The average molecular weight is 316 g/mol. The van der Waals surface area contributed by atoms with Gasteiger partial charge < -0.3 is 9.84 Å². The fourth-order valence-corrected chi connectivity index (χ4v) is 7.85. The van der Waals surface area contributed by atoms with E-state index in [1.807, 2.05) is 19.9 Å². The van der Waals surface area contributed by atoms with Crippen LogP contribution in [0.3, 0.4) is 0 Å². The molecule has 1 spiro atoms. The van der Waals surface area contributed by atoms with Crippen LogP contribution in [0.1, 0.15) is 59.8 Å². The minimum absolute atomic E-state index is 0.00500. The molecule has 0 amide bonds. The zero-order chi connectivity index (χ0) is 16.4. The van der Waals surface area contributed by atoms with Gasteiger partial charge in [0, 0.05) is 10.8 Å². The zero-order valence-electron chi connectivity index (χ0n) is 14.7. The molecule has 0 aromatic heterocycles. The molecule has 0 aromatic carbocycles. The number of ether oxygens (including phenoxy) is 1. The summed E-state index contributed by atoms with van der Waals surface area (Å²) in [4.78, 5) is 12.5. The van der Waals surface area contributed by atoms with Crippen LogP contribution >= 0.6 is 0 Å². The second kappa shape index (κ2) is 3.71. The molecule has 4 aliphatic carbocycles. The summed E-state index contributed by atoms with van der Waals surface area (Å²) in [7, 11) is 0. The lowest BCUT2D eigenvalue weighted by molar-refractivity contribution is -0.152. The van der Waals surface area contributed by atoms with Crippen LogP contribution in [0, 0.1) is 34.0 Å². The molecule has 0 radical (unpaired) electrons. The Bertz CT molecular complexity index is 649. The quantitative estimate of drug-likeness (QED) is 0.687. The lowest BCUT2D eigenvalue weighted by Crippen LogP contribution is -2.58. The van der Waals surface area contributed by atoms with Gasteiger partial charge in [-0.15, -0.1) is 0 Å². The number of hydrogen-bond donors (Lipinski definition) is 1. The Morgan fingerprint density at radius 3 is 2.61 bits per heavy atom. The van der Waals surface area contributed by atoms with Crippen molar-refractivity contribution in [3.63, 3.8) is 0 Å². The highest BCUT2D eigenvalue weighted by Crippen LogP contribution is 2.77. The number of allylic oxidation sites excluding steroid dienone is 2. The van der Waals surface area contributed by atoms with Gasteiger partial charge in [-0.1, -0.05) is 20.8 Å². The molecule has 23 heavy (non-hydrogen) atoms. The van der Waals surface area contributed by atoms with E-state index in [2.05, 4.69) is 13.8 Å². The second-order valence-electron chi connectivity index (χ2n) is 9.98. The van der Waals surface area contributed by atoms with Crippen LogP contribution in [0.5, 0.6) is 0 Å². The van der Waals surface area contributed by atoms with Gasteiger partial charge in [0.15, 0.2) is 5.76 Å². The summed E-state index contributed by atoms with van der Waals surface area (Å²) >= 11 is 0. The van der Waals surface area contributed by atoms with E-state index in [0.717, 1.165) is 12.3 Å². The minimum Gasteiger partial charge on any atom is -0.505 e. The fourth-order valence-electron chi connectivity index (χ4n) is 7.85. The van der Waals surface area contributed by atoms with Gasteiger partial charge in [0.25, 0.3) is 0 Å². The number of carbonyl (C=O) groups excluding carboxylic acids is 1. The first-order valence-electron chi connectivity index (χ1n) is 9.31. The molecule has 7 unspecified atom stereocenters. The molecule has 5 aliphatic rings. The van der Waals surface area contributed by atoms with Crippen molar-refractivity contribution in [1.82, 2.24) is 0 Å². The molecule has 3 heteroatoms. The summed E-state index contributed by atoms with van der Waals surface area (Å²) in [6, 6.07) is 0. The lowest BCUT2D eigenvalue weighted by atomic mass is 9.42. The molecular weight excluding hydrogens is 288 g/mol. The molecule has 1 saturated heterocycles. The van der Waals surface area contributed by atoms with E-state index in [1.165, 1.54) is 25.7 Å². The number of rotatable bonds is 0. The molecule has 4 fully saturated rings. The number of aliphatic hydroxyl groups is 1. The van der Waals surface area contributed by atoms with Crippen LogP contribution in [-0.2, 0) is 9.53 Å². The molecule has 5 rings (SSSR count).